The summed E-state index contributed by atoms with van der Waals surface area (Å²) in [5, 5.41) is 6.68. The Balaban J connectivity index is 1.34. The van der Waals surface area contributed by atoms with Crippen LogP contribution in [0.25, 0.3) is 20.8 Å². The van der Waals surface area contributed by atoms with Gasteiger partial charge in [-0.05, 0) is 43.3 Å². The molecule has 2 aromatic carbocycles. The zero-order valence-corrected chi connectivity index (χ0v) is 17.0. The van der Waals surface area contributed by atoms with E-state index >= 15 is 0 Å². The molecule has 0 fully saturated rings. The van der Waals surface area contributed by atoms with Crippen LogP contribution in [0.5, 0.6) is 5.75 Å². The first-order valence-electron chi connectivity index (χ1n) is 9.00. The predicted molar refractivity (Wildman–Crippen MR) is 114 cm³/mol. The van der Waals surface area contributed by atoms with Gasteiger partial charge in [0, 0.05) is 10.9 Å². The molecule has 0 unspecified atom stereocenters. The molecule has 1 N–H and O–H groups in total. The number of para-hydroxylation sites is 1. The lowest BCUT2D eigenvalue weighted by Gasteiger charge is -2.03. The lowest BCUT2D eigenvalue weighted by Crippen LogP contribution is -2.24. The Labute approximate surface area is 171 Å². The first kappa shape index (κ1) is 18.6. The maximum Gasteiger partial charge on any atom is 0.226 e. The Bertz CT molecular complexity index is 1050. The third kappa shape index (κ3) is 4.37. The molecule has 4 rings (SSSR count). The Morgan fingerprint density at radius 1 is 1.11 bits per heavy atom. The Morgan fingerprint density at radius 2 is 1.93 bits per heavy atom. The number of thiazole rings is 2. The van der Waals surface area contributed by atoms with Crippen molar-refractivity contribution in [2.45, 2.75) is 19.9 Å². The summed E-state index contributed by atoms with van der Waals surface area (Å²) < 4.78 is 6.59. The van der Waals surface area contributed by atoms with E-state index in [4.69, 9.17) is 4.74 Å². The molecule has 2 heterocycles. The molecule has 28 heavy (non-hydrogen) atoms. The molecular weight excluding hydrogens is 390 g/mol. The number of ether oxygens (including phenoxy) is 1. The van der Waals surface area contributed by atoms with E-state index in [0.29, 0.717) is 13.2 Å². The van der Waals surface area contributed by atoms with Crippen LogP contribution in [-0.4, -0.2) is 22.5 Å². The molecular formula is C21H19N3O2S2. The molecule has 0 aliphatic heterocycles. The SMILES string of the molecule is CCOc1ccc(-c2nc(CC(=O)NCc3nc4ccccc4s3)cs2)cc1. The molecule has 0 radical (unpaired) electrons. The number of carbonyl (C=O) groups excluding carboxylic acids is 1. The van der Waals surface area contributed by atoms with Crippen LogP contribution in [0, 0.1) is 0 Å². The molecule has 0 aliphatic rings. The number of fused-ring (bicyclic) bond motifs is 1. The van der Waals surface area contributed by atoms with Gasteiger partial charge >= 0.3 is 0 Å². The molecule has 0 spiro atoms. The highest BCUT2D eigenvalue weighted by Gasteiger charge is 2.10. The molecule has 5 nitrogen and oxygen atoms in total. The van der Waals surface area contributed by atoms with Crippen LogP contribution in [-0.2, 0) is 17.8 Å². The van der Waals surface area contributed by atoms with Gasteiger partial charge < -0.3 is 10.1 Å². The lowest BCUT2D eigenvalue weighted by molar-refractivity contribution is -0.120. The molecule has 0 saturated heterocycles. The third-order valence-electron chi connectivity index (χ3n) is 4.08. The van der Waals surface area contributed by atoms with E-state index < -0.39 is 0 Å². The Hall–Kier alpha value is -2.77. The molecule has 1 amide bonds. The fourth-order valence-corrected chi connectivity index (χ4v) is 4.51. The van der Waals surface area contributed by atoms with Gasteiger partial charge in [-0.25, -0.2) is 9.97 Å². The van der Waals surface area contributed by atoms with Crippen molar-refractivity contribution in [3.63, 3.8) is 0 Å². The first-order chi connectivity index (χ1) is 13.7. The van der Waals surface area contributed by atoms with E-state index in [2.05, 4.69) is 15.3 Å². The highest BCUT2D eigenvalue weighted by atomic mass is 32.1. The van der Waals surface area contributed by atoms with Crippen molar-refractivity contribution in [2.75, 3.05) is 6.61 Å². The summed E-state index contributed by atoms with van der Waals surface area (Å²) in [5.74, 6) is 0.792. The highest BCUT2D eigenvalue weighted by Crippen LogP contribution is 2.26. The monoisotopic (exact) mass is 409 g/mol. The van der Waals surface area contributed by atoms with Crippen molar-refractivity contribution >= 4 is 38.8 Å². The van der Waals surface area contributed by atoms with Crippen LogP contribution < -0.4 is 10.1 Å². The fourth-order valence-electron chi connectivity index (χ4n) is 2.78. The molecule has 7 heteroatoms. The van der Waals surface area contributed by atoms with Crippen LogP contribution in [0.15, 0.2) is 53.9 Å². The number of hydrogen-bond acceptors (Lipinski definition) is 6. The maximum atomic E-state index is 12.3. The zero-order chi connectivity index (χ0) is 19.3. The lowest BCUT2D eigenvalue weighted by atomic mass is 10.2. The molecule has 0 bridgehead atoms. The van der Waals surface area contributed by atoms with Crippen molar-refractivity contribution in [1.29, 1.82) is 0 Å². The summed E-state index contributed by atoms with van der Waals surface area (Å²) in [6.07, 6.45) is 0.262. The van der Waals surface area contributed by atoms with Gasteiger partial charge in [-0.1, -0.05) is 12.1 Å². The van der Waals surface area contributed by atoms with Gasteiger partial charge in [0.15, 0.2) is 0 Å². The van der Waals surface area contributed by atoms with Crippen molar-refractivity contribution in [3.8, 4) is 16.3 Å². The number of carbonyl (C=O) groups is 1. The highest BCUT2D eigenvalue weighted by molar-refractivity contribution is 7.18. The van der Waals surface area contributed by atoms with E-state index in [1.54, 1.807) is 11.3 Å². The quantitative estimate of drug-likeness (QED) is 0.481. The maximum absolute atomic E-state index is 12.3. The van der Waals surface area contributed by atoms with Gasteiger partial charge in [-0.15, -0.1) is 22.7 Å². The smallest absolute Gasteiger partial charge is 0.226 e. The average Bonchev–Trinajstić information content (AvgIpc) is 3.34. The van der Waals surface area contributed by atoms with Crippen LogP contribution in [0.2, 0.25) is 0 Å². The summed E-state index contributed by atoms with van der Waals surface area (Å²) >= 11 is 3.14. The number of hydrogen-bond donors (Lipinski definition) is 1. The topological polar surface area (TPSA) is 64.1 Å². The molecule has 0 aliphatic carbocycles. The minimum atomic E-state index is -0.0530. The van der Waals surface area contributed by atoms with E-state index in [9.17, 15) is 4.79 Å². The molecule has 142 valence electrons. The Kier molecular flexibility index (Phi) is 5.64. The van der Waals surface area contributed by atoms with Crippen molar-refractivity contribution in [1.82, 2.24) is 15.3 Å². The van der Waals surface area contributed by atoms with E-state index in [1.165, 1.54) is 11.3 Å². The van der Waals surface area contributed by atoms with Crippen LogP contribution in [0.3, 0.4) is 0 Å². The standard InChI is InChI=1S/C21H19N3O2S2/c1-2-26-16-9-7-14(8-10-16)21-23-15(13-27-21)11-19(25)22-12-20-24-17-5-3-4-6-18(17)28-20/h3-10,13H,2,11-12H2,1H3,(H,22,25). The summed E-state index contributed by atoms with van der Waals surface area (Å²) in [6.45, 7) is 3.05. The Morgan fingerprint density at radius 3 is 2.71 bits per heavy atom. The summed E-state index contributed by atoms with van der Waals surface area (Å²) in [4.78, 5) is 21.4. The number of nitrogens with one attached hydrogen (secondary N) is 1. The van der Waals surface area contributed by atoms with Crippen LogP contribution in [0.1, 0.15) is 17.6 Å². The van der Waals surface area contributed by atoms with Gasteiger partial charge in [0.1, 0.15) is 15.8 Å². The van der Waals surface area contributed by atoms with Gasteiger partial charge in [0.25, 0.3) is 0 Å². The molecule has 4 aromatic rings. The molecule has 2 aromatic heterocycles. The first-order valence-corrected chi connectivity index (χ1v) is 10.7. The van der Waals surface area contributed by atoms with E-state index in [-0.39, 0.29) is 12.3 Å². The number of nitrogens with zero attached hydrogens (tertiary/aromatic N) is 2. The second-order valence-electron chi connectivity index (χ2n) is 6.13. The van der Waals surface area contributed by atoms with Gasteiger partial charge in [-0.3, -0.25) is 4.79 Å². The second-order valence-corrected chi connectivity index (χ2v) is 8.10. The predicted octanol–water partition coefficient (Wildman–Crippen LogP) is 4.68. The normalized spacial score (nSPS) is 10.9. The number of rotatable bonds is 7. The van der Waals surface area contributed by atoms with Crippen molar-refractivity contribution < 1.29 is 9.53 Å². The summed E-state index contributed by atoms with van der Waals surface area (Å²) in [5.41, 5.74) is 2.77. The average molecular weight is 410 g/mol. The van der Waals surface area contributed by atoms with Gasteiger partial charge in [0.2, 0.25) is 5.91 Å². The summed E-state index contributed by atoms with van der Waals surface area (Å²) in [7, 11) is 0. The minimum Gasteiger partial charge on any atom is -0.494 e. The van der Waals surface area contributed by atoms with Crippen molar-refractivity contribution in [2.24, 2.45) is 0 Å². The van der Waals surface area contributed by atoms with Gasteiger partial charge in [0.05, 0.1) is 35.5 Å². The van der Waals surface area contributed by atoms with E-state index in [0.717, 1.165) is 37.2 Å². The van der Waals surface area contributed by atoms with Crippen molar-refractivity contribution in [3.05, 3.63) is 64.6 Å². The zero-order valence-electron chi connectivity index (χ0n) is 15.3. The number of amides is 1. The van der Waals surface area contributed by atoms with Crippen LogP contribution >= 0.6 is 22.7 Å². The number of aromatic nitrogens is 2. The third-order valence-corrected chi connectivity index (χ3v) is 6.06. The second kappa shape index (κ2) is 8.50. The largest absolute Gasteiger partial charge is 0.494 e. The minimum absolute atomic E-state index is 0.0530. The van der Waals surface area contributed by atoms with E-state index in [1.807, 2.05) is 60.8 Å². The number of benzene rings is 2. The molecule has 0 atom stereocenters. The fraction of sp³-hybridized carbons (Fsp3) is 0.190. The summed E-state index contributed by atoms with van der Waals surface area (Å²) in [6, 6.07) is 15.8. The van der Waals surface area contributed by atoms with Crippen LogP contribution in [0.4, 0.5) is 0 Å². The molecule has 0 saturated carbocycles. The van der Waals surface area contributed by atoms with Gasteiger partial charge in [-0.2, -0.15) is 0 Å².